The molecule has 18 heavy (non-hydrogen) atoms. The lowest BCUT2D eigenvalue weighted by atomic mass is 10.0. The summed E-state index contributed by atoms with van der Waals surface area (Å²) in [6.07, 6.45) is 3.29. The Morgan fingerprint density at radius 3 is 2.33 bits per heavy atom. The molecule has 0 spiro atoms. The highest BCUT2D eigenvalue weighted by atomic mass is 19.1. The largest absolute Gasteiger partial charge is 0.489 e. The highest BCUT2D eigenvalue weighted by Crippen LogP contribution is 2.17. The minimum atomic E-state index is -0.229. The summed E-state index contributed by atoms with van der Waals surface area (Å²) in [7, 11) is 0. The molecule has 1 aromatic rings. The van der Waals surface area contributed by atoms with Gasteiger partial charge in [-0.05, 0) is 43.7 Å². The van der Waals surface area contributed by atoms with E-state index in [4.69, 9.17) is 4.74 Å². The fourth-order valence-electron chi connectivity index (χ4n) is 2.13. The zero-order chi connectivity index (χ0) is 13.4. The number of rotatable bonds is 8. The van der Waals surface area contributed by atoms with Gasteiger partial charge in [0.1, 0.15) is 17.7 Å². The molecule has 0 bridgehead atoms. The molecule has 0 aliphatic heterocycles. The van der Waals surface area contributed by atoms with Crippen molar-refractivity contribution in [2.24, 2.45) is 0 Å². The van der Waals surface area contributed by atoms with Crippen molar-refractivity contribution in [3.63, 3.8) is 0 Å². The standard InChI is InChI=1S/C15H24FNO/c1-4-7-14(17-6-3)15(5-2)18-13-10-8-12(16)9-11-13/h8-11,14-15,17H,4-7H2,1-3H3. The lowest BCUT2D eigenvalue weighted by Gasteiger charge is -2.27. The highest BCUT2D eigenvalue weighted by Gasteiger charge is 2.19. The molecule has 2 atom stereocenters. The van der Waals surface area contributed by atoms with E-state index in [1.807, 2.05) is 0 Å². The van der Waals surface area contributed by atoms with Gasteiger partial charge < -0.3 is 10.1 Å². The van der Waals surface area contributed by atoms with Crippen LogP contribution in [0.1, 0.15) is 40.0 Å². The third kappa shape index (κ3) is 4.65. The number of ether oxygens (including phenoxy) is 1. The minimum absolute atomic E-state index is 0.135. The van der Waals surface area contributed by atoms with Gasteiger partial charge in [0.25, 0.3) is 0 Å². The average Bonchev–Trinajstić information content (AvgIpc) is 2.38. The summed E-state index contributed by atoms with van der Waals surface area (Å²) in [6, 6.07) is 6.60. The van der Waals surface area contributed by atoms with Gasteiger partial charge in [-0.2, -0.15) is 0 Å². The van der Waals surface area contributed by atoms with Gasteiger partial charge in [-0.25, -0.2) is 4.39 Å². The molecule has 0 fully saturated rings. The quantitative estimate of drug-likeness (QED) is 0.761. The van der Waals surface area contributed by atoms with E-state index in [1.54, 1.807) is 12.1 Å². The third-order valence-electron chi connectivity index (χ3n) is 3.02. The molecule has 0 amide bonds. The number of likely N-dealkylation sites (N-methyl/N-ethyl adjacent to an activating group) is 1. The number of hydrogen-bond donors (Lipinski definition) is 1. The molecule has 2 nitrogen and oxygen atoms in total. The smallest absolute Gasteiger partial charge is 0.123 e. The molecule has 1 aromatic carbocycles. The molecule has 3 heteroatoms. The monoisotopic (exact) mass is 253 g/mol. The van der Waals surface area contributed by atoms with Gasteiger partial charge in [0.2, 0.25) is 0 Å². The van der Waals surface area contributed by atoms with Crippen LogP contribution in [0.4, 0.5) is 4.39 Å². The predicted octanol–water partition coefficient (Wildman–Crippen LogP) is 3.76. The number of benzene rings is 1. The molecule has 0 aromatic heterocycles. The molecule has 0 saturated heterocycles. The van der Waals surface area contributed by atoms with Crippen molar-refractivity contribution < 1.29 is 9.13 Å². The summed E-state index contributed by atoms with van der Waals surface area (Å²) < 4.78 is 18.8. The highest BCUT2D eigenvalue weighted by molar-refractivity contribution is 5.22. The molecule has 0 aliphatic rings. The Hall–Kier alpha value is -1.09. The molecule has 1 rings (SSSR count). The van der Waals surface area contributed by atoms with E-state index in [1.165, 1.54) is 12.1 Å². The topological polar surface area (TPSA) is 21.3 Å². The van der Waals surface area contributed by atoms with Crippen LogP contribution in [-0.4, -0.2) is 18.7 Å². The maximum absolute atomic E-state index is 12.8. The van der Waals surface area contributed by atoms with Crippen LogP contribution < -0.4 is 10.1 Å². The van der Waals surface area contributed by atoms with E-state index in [2.05, 4.69) is 26.1 Å². The van der Waals surface area contributed by atoms with Gasteiger partial charge in [-0.1, -0.05) is 27.2 Å². The second-order valence-corrected chi connectivity index (χ2v) is 4.47. The van der Waals surface area contributed by atoms with Crippen LogP contribution in [0.15, 0.2) is 24.3 Å². The Morgan fingerprint density at radius 1 is 1.17 bits per heavy atom. The van der Waals surface area contributed by atoms with Gasteiger partial charge in [-0.3, -0.25) is 0 Å². The number of nitrogens with one attached hydrogen (secondary N) is 1. The lowest BCUT2D eigenvalue weighted by molar-refractivity contribution is 0.143. The average molecular weight is 253 g/mol. The Labute approximate surface area is 110 Å². The summed E-state index contributed by atoms with van der Waals surface area (Å²) >= 11 is 0. The minimum Gasteiger partial charge on any atom is -0.489 e. The maximum atomic E-state index is 12.8. The summed E-state index contributed by atoms with van der Waals surface area (Å²) in [6.45, 7) is 7.34. The third-order valence-corrected chi connectivity index (χ3v) is 3.02. The first kappa shape index (κ1) is 15.0. The second kappa shape index (κ2) is 8.09. The molecular weight excluding hydrogens is 229 g/mol. The molecule has 1 N–H and O–H groups in total. The number of halogens is 1. The first-order chi connectivity index (χ1) is 8.71. The molecular formula is C15H24FNO. The van der Waals surface area contributed by atoms with Crippen LogP contribution in [-0.2, 0) is 0 Å². The van der Waals surface area contributed by atoms with Crippen LogP contribution in [0, 0.1) is 5.82 Å². The molecule has 0 heterocycles. The van der Waals surface area contributed by atoms with Gasteiger partial charge in [0.15, 0.2) is 0 Å². The molecule has 102 valence electrons. The van der Waals surface area contributed by atoms with E-state index >= 15 is 0 Å². The first-order valence-corrected chi connectivity index (χ1v) is 6.86. The SMILES string of the molecule is CCCC(NCC)C(CC)Oc1ccc(F)cc1. The van der Waals surface area contributed by atoms with Gasteiger partial charge in [0, 0.05) is 6.04 Å². The van der Waals surface area contributed by atoms with E-state index in [0.29, 0.717) is 6.04 Å². The summed E-state index contributed by atoms with van der Waals surface area (Å²) in [5.41, 5.74) is 0. The maximum Gasteiger partial charge on any atom is 0.123 e. The van der Waals surface area contributed by atoms with E-state index < -0.39 is 0 Å². The van der Waals surface area contributed by atoms with Crippen LogP contribution in [0.5, 0.6) is 5.75 Å². The Morgan fingerprint density at radius 2 is 1.83 bits per heavy atom. The predicted molar refractivity (Wildman–Crippen MR) is 73.5 cm³/mol. The normalized spacial score (nSPS) is 14.2. The van der Waals surface area contributed by atoms with Crippen LogP contribution in [0.2, 0.25) is 0 Å². The van der Waals surface area contributed by atoms with Gasteiger partial charge >= 0.3 is 0 Å². The zero-order valence-corrected chi connectivity index (χ0v) is 11.6. The van der Waals surface area contributed by atoms with Gasteiger partial charge in [-0.15, -0.1) is 0 Å². The van der Waals surface area contributed by atoms with Crippen molar-refractivity contribution >= 4 is 0 Å². The second-order valence-electron chi connectivity index (χ2n) is 4.47. The Balaban J connectivity index is 2.66. The summed E-state index contributed by atoms with van der Waals surface area (Å²) in [5, 5.41) is 3.47. The molecule has 0 radical (unpaired) electrons. The van der Waals surface area contributed by atoms with Gasteiger partial charge in [0.05, 0.1) is 0 Å². The molecule has 2 unspecified atom stereocenters. The van der Waals surface area contributed by atoms with Crippen LogP contribution in [0.3, 0.4) is 0 Å². The fraction of sp³-hybridized carbons (Fsp3) is 0.600. The van der Waals surface area contributed by atoms with E-state index in [9.17, 15) is 4.39 Å². The molecule has 0 aliphatic carbocycles. The van der Waals surface area contributed by atoms with Crippen LogP contribution >= 0.6 is 0 Å². The fourth-order valence-corrected chi connectivity index (χ4v) is 2.13. The zero-order valence-electron chi connectivity index (χ0n) is 11.6. The van der Waals surface area contributed by atoms with Crippen molar-refractivity contribution in [2.75, 3.05) is 6.54 Å². The van der Waals surface area contributed by atoms with E-state index in [0.717, 1.165) is 31.6 Å². The van der Waals surface area contributed by atoms with Crippen molar-refractivity contribution in [1.82, 2.24) is 5.32 Å². The number of hydrogen-bond acceptors (Lipinski definition) is 2. The Kier molecular flexibility index (Phi) is 6.73. The Bertz CT molecular complexity index is 320. The van der Waals surface area contributed by atoms with Crippen LogP contribution in [0.25, 0.3) is 0 Å². The summed E-state index contributed by atoms with van der Waals surface area (Å²) in [4.78, 5) is 0. The van der Waals surface area contributed by atoms with Crippen molar-refractivity contribution in [1.29, 1.82) is 0 Å². The first-order valence-electron chi connectivity index (χ1n) is 6.86. The van der Waals surface area contributed by atoms with E-state index in [-0.39, 0.29) is 11.9 Å². The van der Waals surface area contributed by atoms with Crippen molar-refractivity contribution in [2.45, 2.75) is 52.2 Å². The molecule has 0 saturated carbocycles. The van der Waals surface area contributed by atoms with Crippen molar-refractivity contribution in [3.8, 4) is 5.75 Å². The summed E-state index contributed by atoms with van der Waals surface area (Å²) in [5.74, 6) is 0.509. The van der Waals surface area contributed by atoms with Crippen molar-refractivity contribution in [3.05, 3.63) is 30.1 Å². The lowest BCUT2D eigenvalue weighted by Crippen LogP contribution is -2.42.